The summed E-state index contributed by atoms with van der Waals surface area (Å²) in [6.45, 7) is 2.44. The van der Waals surface area contributed by atoms with Gasteiger partial charge in [-0.1, -0.05) is 66.7 Å². The Labute approximate surface area is 163 Å². The molecule has 4 rings (SSSR count). The summed E-state index contributed by atoms with van der Waals surface area (Å²) >= 11 is 0. The van der Waals surface area contributed by atoms with Crippen LogP contribution in [0.15, 0.2) is 84.9 Å². The summed E-state index contributed by atoms with van der Waals surface area (Å²) in [5.74, 6) is -0.268. The van der Waals surface area contributed by atoms with Crippen molar-refractivity contribution in [2.24, 2.45) is 0 Å². The first-order valence-corrected chi connectivity index (χ1v) is 9.24. The van der Waals surface area contributed by atoms with E-state index in [9.17, 15) is 9.90 Å². The first-order valence-electron chi connectivity index (χ1n) is 9.24. The predicted octanol–water partition coefficient (Wildman–Crippen LogP) is 5.53. The highest BCUT2D eigenvalue weighted by Gasteiger charge is 2.21. The Hall–Kier alpha value is -3.53. The number of carboxylic acid groups (broad SMARTS) is 1. The molecule has 4 nitrogen and oxygen atoms in total. The van der Waals surface area contributed by atoms with Gasteiger partial charge in [0, 0.05) is 5.39 Å². The molecule has 4 heteroatoms. The fourth-order valence-corrected chi connectivity index (χ4v) is 3.55. The lowest BCUT2D eigenvalue weighted by atomic mass is 10.1. The smallest absolute Gasteiger partial charge is 0.352 e. The molecular formula is C24H21NO3. The maximum atomic E-state index is 12.0. The second kappa shape index (κ2) is 7.61. The van der Waals surface area contributed by atoms with Crippen molar-refractivity contribution in [2.45, 2.75) is 19.6 Å². The molecule has 0 saturated heterocycles. The highest BCUT2D eigenvalue weighted by molar-refractivity contribution is 5.97. The second-order valence-electron chi connectivity index (χ2n) is 6.75. The Balaban J connectivity index is 1.77. The maximum absolute atomic E-state index is 12.0. The van der Waals surface area contributed by atoms with Crippen LogP contribution in [0.5, 0.6) is 5.75 Å². The van der Waals surface area contributed by atoms with Crippen molar-refractivity contribution in [1.82, 2.24) is 4.57 Å². The number of benzene rings is 3. The molecule has 0 fully saturated rings. The van der Waals surface area contributed by atoms with E-state index in [4.69, 9.17) is 4.74 Å². The summed E-state index contributed by atoms with van der Waals surface area (Å²) < 4.78 is 7.90. The third-order valence-electron chi connectivity index (χ3n) is 4.97. The van der Waals surface area contributed by atoms with E-state index >= 15 is 0 Å². The van der Waals surface area contributed by atoms with Crippen molar-refractivity contribution in [3.05, 3.63) is 102 Å². The summed E-state index contributed by atoms with van der Waals surface area (Å²) in [5.41, 5.74) is 3.22. The van der Waals surface area contributed by atoms with Crippen molar-refractivity contribution in [2.75, 3.05) is 0 Å². The first kappa shape index (κ1) is 17.9. The first-order chi connectivity index (χ1) is 13.6. The number of aromatic carboxylic acids is 1. The van der Waals surface area contributed by atoms with Gasteiger partial charge in [-0.15, -0.1) is 0 Å². The van der Waals surface area contributed by atoms with Gasteiger partial charge in [0.25, 0.3) is 0 Å². The van der Waals surface area contributed by atoms with Crippen molar-refractivity contribution in [1.29, 1.82) is 0 Å². The van der Waals surface area contributed by atoms with Crippen LogP contribution < -0.4 is 4.74 Å². The van der Waals surface area contributed by atoms with Crippen molar-refractivity contribution in [3.63, 3.8) is 0 Å². The zero-order valence-corrected chi connectivity index (χ0v) is 15.6. The largest absolute Gasteiger partial charge is 0.488 e. The number of rotatable bonds is 6. The molecule has 0 aliphatic carbocycles. The lowest BCUT2D eigenvalue weighted by Crippen LogP contribution is -2.13. The van der Waals surface area contributed by atoms with Crippen LogP contribution in [0, 0.1) is 0 Å². The van der Waals surface area contributed by atoms with Crippen molar-refractivity contribution < 1.29 is 14.6 Å². The Morgan fingerprint density at radius 2 is 1.64 bits per heavy atom. The average molecular weight is 371 g/mol. The highest BCUT2D eigenvalue weighted by atomic mass is 16.5. The molecule has 0 radical (unpaired) electrons. The highest BCUT2D eigenvalue weighted by Crippen LogP contribution is 2.33. The summed E-state index contributed by atoms with van der Waals surface area (Å²) in [6.07, 6.45) is 0. The lowest BCUT2D eigenvalue weighted by Gasteiger charge is -2.18. The number of hydrogen-bond donors (Lipinski definition) is 1. The molecule has 1 N–H and O–H groups in total. The van der Waals surface area contributed by atoms with Crippen LogP contribution in [0.4, 0.5) is 0 Å². The number of fused-ring (bicyclic) bond motifs is 1. The van der Waals surface area contributed by atoms with Crippen LogP contribution >= 0.6 is 0 Å². The summed E-state index contributed by atoms with van der Waals surface area (Å²) in [7, 11) is 0. The third kappa shape index (κ3) is 3.37. The predicted molar refractivity (Wildman–Crippen MR) is 110 cm³/mol. The molecule has 28 heavy (non-hydrogen) atoms. The Bertz CT molecular complexity index is 1100. The molecule has 0 amide bonds. The minimum Gasteiger partial charge on any atom is -0.488 e. The van der Waals surface area contributed by atoms with E-state index in [-0.39, 0.29) is 11.7 Å². The molecule has 0 spiro atoms. The maximum Gasteiger partial charge on any atom is 0.352 e. The molecule has 0 saturated carbocycles. The van der Waals surface area contributed by atoms with E-state index in [1.807, 2.05) is 90.4 Å². The third-order valence-corrected chi connectivity index (χ3v) is 4.97. The fourth-order valence-electron chi connectivity index (χ4n) is 3.55. The molecule has 4 aromatic rings. The number of carbonyl (C=O) groups is 1. The molecule has 0 aliphatic heterocycles. The number of ether oxygens (including phenoxy) is 1. The van der Waals surface area contributed by atoms with Gasteiger partial charge in [-0.2, -0.15) is 0 Å². The van der Waals surface area contributed by atoms with Gasteiger partial charge >= 0.3 is 5.97 Å². The van der Waals surface area contributed by atoms with E-state index in [0.717, 1.165) is 22.0 Å². The topological polar surface area (TPSA) is 51.5 Å². The Kier molecular flexibility index (Phi) is 4.85. The van der Waals surface area contributed by atoms with Gasteiger partial charge in [-0.05, 0) is 36.2 Å². The number of nitrogens with zero attached hydrogens (tertiary/aromatic N) is 1. The Morgan fingerprint density at radius 1 is 0.964 bits per heavy atom. The minimum atomic E-state index is -0.951. The fraction of sp³-hybridized carbons (Fsp3) is 0.125. The van der Waals surface area contributed by atoms with Crippen molar-refractivity contribution in [3.8, 4) is 5.75 Å². The number of aromatic nitrogens is 1. The molecule has 0 aliphatic rings. The molecule has 140 valence electrons. The summed E-state index contributed by atoms with van der Waals surface area (Å²) in [4.78, 5) is 12.0. The van der Waals surface area contributed by atoms with Crippen LogP contribution in [0.25, 0.3) is 10.9 Å². The van der Waals surface area contributed by atoms with Crippen LogP contribution in [-0.4, -0.2) is 15.6 Å². The SMILES string of the molecule is C[C@@H](c1ccccc1)n1c(C(=O)O)cc2c(OCc3ccccc3)cccc21. The molecule has 1 heterocycles. The molecule has 3 aromatic carbocycles. The van der Waals surface area contributed by atoms with Gasteiger partial charge in [0.1, 0.15) is 18.1 Å². The monoisotopic (exact) mass is 371 g/mol. The number of carboxylic acids is 1. The van der Waals surface area contributed by atoms with Crippen LogP contribution in [0.1, 0.15) is 34.6 Å². The second-order valence-corrected chi connectivity index (χ2v) is 6.75. The van der Waals surface area contributed by atoms with Gasteiger partial charge in [-0.3, -0.25) is 0 Å². The standard InChI is InChI=1S/C24H21NO3/c1-17(19-11-6-3-7-12-19)25-21-13-8-14-23(20(21)15-22(25)24(26)27)28-16-18-9-4-2-5-10-18/h2-15,17H,16H2,1H3,(H,26,27)/t17-/m0/s1. The van der Waals surface area contributed by atoms with Crippen LogP contribution in [0.3, 0.4) is 0 Å². The van der Waals surface area contributed by atoms with E-state index in [2.05, 4.69) is 0 Å². The normalized spacial score (nSPS) is 12.0. The van der Waals surface area contributed by atoms with Crippen LogP contribution in [0.2, 0.25) is 0 Å². The van der Waals surface area contributed by atoms with E-state index in [0.29, 0.717) is 12.4 Å². The van der Waals surface area contributed by atoms with Gasteiger partial charge in [0.15, 0.2) is 0 Å². The molecule has 1 atom stereocenters. The lowest BCUT2D eigenvalue weighted by molar-refractivity contribution is 0.0684. The molecule has 1 aromatic heterocycles. The average Bonchev–Trinajstić information content (AvgIpc) is 3.13. The molecular weight excluding hydrogens is 350 g/mol. The van der Waals surface area contributed by atoms with E-state index in [1.165, 1.54) is 0 Å². The summed E-state index contributed by atoms with van der Waals surface area (Å²) in [6, 6.07) is 27.1. The zero-order chi connectivity index (χ0) is 19.5. The van der Waals surface area contributed by atoms with Gasteiger partial charge in [0.2, 0.25) is 0 Å². The van der Waals surface area contributed by atoms with E-state index < -0.39 is 5.97 Å². The van der Waals surface area contributed by atoms with Gasteiger partial charge in [0.05, 0.1) is 11.6 Å². The van der Waals surface area contributed by atoms with E-state index in [1.54, 1.807) is 6.07 Å². The Morgan fingerprint density at radius 3 is 2.32 bits per heavy atom. The van der Waals surface area contributed by atoms with Crippen molar-refractivity contribution >= 4 is 16.9 Å². The zero-order valence-electron chi connectivity index (χ0n) is 15.6. The summed E-state index contributed by atoms with van der Waals surface area (Å²) in [5, 5.41) is 10.6. The number of hydrogen-bond acceptors (Lipinski definition) is 2. The minimum absolute atomic E-state index is 0.117. The molecule has 0 unspecified atom stereocenters. The van der Waals surface area contributed by atoms with Gasteiger partial charge < -0.3 is 14.4 Å². The quantitative estimate of drug-likeness (QED) is 0.485. The van der Waals surface area contributed by atoms with Gasteiger partial charge in [-0.25, -0.2) is 4.79 Å². The molecule has 0 bridgehead atoms. The van der Waals surface area contributed by atoms with Crippen LogP contribution in [-0.2, 0) is 6.61 Å².